The summed E-state index contributed by atoms with van der Waals surface area (Å²) in [5.74, 6) is 3.05. The third kappa shape index (κ3) is 4.65. The number of piperidine rings is 1. The van der Waals surface area contributed by atoms with Crippen LogP contribution in [0.15, 0.2) is 52.0 Å². The molecule has 2 saturated heterocycles. The van der Waals surface area contributed by atoms with E-state index in [-0.39, 0.29) is 4.90 Å². The molecule has 2 aliphatic heterocycles. The molecule has 0 bridgehead atoms. The number of nitrogens with zero attached hydrogens (tertiary/aromatic N) is 6. The fraction of sp³-hybridized carbons (Fsp3) is 0.458. The Kier molecular flexibility index (Phi) is 6.26. The predicted molar refractivity (Wildman–Crippen MR) is 130 cm³/mol. The molecule has 2 fully saturated rings. The molecule has 3 aromatic rings. The first-order valence-corrected chi connectivity index (χ1v) is 13.2. The summed E-state index contributed by atoms with van der Waals surface area (Å²) in [7, 11) is -3.57. The highest BCUT2D eigenvalue weighted by Crippen LogP contribution is 2.25. The van der Waals surface area contributed by atoms with Crippen LogP contribution in [0.25, 0.3) is 11.3 Å². The number of aromatic nitrogens is 3. The summed E-state index contributed by atoms with van der Waals surface area (Å²) in [6.07, 6.45) is 3.94. The second kappa shape index (κ2) is 9.34. The second-order valence-corrected chi connectivity index (χ2v) is 11.0. The second-order valence-electron chi connectivity index (χ2n) is 9.09. The van der Waals surface area contributed by atoms with Crippen molar-refractivity contribution in [1.29, 1.82) is 0 Å². The van der Waals surface area contributed by atoms with E-state index in [2.05, 4.69) is 31.9 Å². The summed E-state index contributed by atoms with van der Waals surface area (Å²) in [6, 6.07) is 10.8. The van der Waals surface area contributed by atoms with Crippen LogP contribution in [0.5, 0.6) is 0 Å². The summed E-state index contributed by atoms with van der Waals surface area (Å²) >= 11 is 0. The van der Waals surface area contributed by atoms with Crippen LogP contribution in [0, 0.1) is 12.8 Å². The molecule has 2 aromatic heterocycles. The van der Waals surface area contributed by atoms with Crippen LogP contribution < -0.4 is 9.80 Å². The molecule has 0 N–H and O–H groups in total. The first kappa shape index (κ1) is 22.8. The molecule has 0 radical (unpaired) electrons. The summed E-state index contributed by atoms with van der Waals surface area (Å²) in [5, 5.41) is 8.88. The van der Waals surface area contributed by atoms with Gasteiger partial charge in [0.25, 0.3) is 0 Å². The minimum absolute atomic E-state index is 0.282. The molecule has 9 nitrogen and oxygen atoms in total. The molecule has 2 aliphatic rings. The molecule has 0 amide bonds. The fourth-order valence-corrected chi connectivity index (χ4v) is 5.92. The van der Waals surface area contributed by atoms with E-state index in [9.17, 15) is 8.42 Å². The van der Waals surface area contributed by atoms with Crippen molar-refractivity contribution in [2.45, 2.75) is 31.6 Å². The van der Waals surface area contributed by atoms with Crippen LogP contribution in [0.1, 0.15) is 25.7 Å². The Morgan fingerprint density at radius 2 is 1.44 bits per heavy atom. The van der Waals surface area contributed by atoms with Gasteiger partial charge in [0, 0.05) is 51.8 Å². The molecule has 0 unspecified atom stereocenters. The maximum absolute atomic E-state index is 13.2. The van der Waals surface area contributed by atoms with E-state index in [0.29, 0.717) is 37.8 Å². The number of aryl methyl sites for hydroxylation is 1. The van der Waals surface area contributed by atoms with Crippen LogP contribution in [0.3, 0.4) is 0 Å². The summed E-state index contributed by atoms with van der Waals surface area (Å²) in [6.45, 7) is 8.06. The number of piperazine rings is 1. The Balaban J connectivity index is 1.20. The van der Waals surface area contributed by atoms with Gasteiger partial charge < -0.3 is 14.2 Å². The van der Waals surface area contributed by atoms with Crippen molar-refractivity contribution in [3.8, 4) is 11.3 Å². The summed E-state index contributed by atoms with van der Waals surface area (Å²) < 4.78 is 33.1. The number of sulfonamides is 1. The molecule has 0 atom stereocenters. The Morgan fingerprint density at radius 3 is 1.97 bits per heavy atom. The molecule has 10 heteroatoms. The van der Waals surface area contributed by atoms with E-state index in [1.165, 1.54) is 17.1 Å². The smallest absolute Gasteiger partial charge is 0.243 e. The van der Waals surface area contributed by atoms with Crippen molar-refractivity contribution >= 4 is 21.7 Å². The first-order chi connectivity index (χ1) is 16.4. The van der Waals surface area contributed by atoms with Gasteiger partial charge in [-0.2, -0.15) is 4.31 Å². The Morgan fingerprint density at radius 1 is 0.853 bits per heavy atom. The molecule has 4 heterocycles. The average molecular weight is 483 g/mol. The van der Waals surface area contributed by atoms with Gasteiger partial charge in [-0.3, -0.25) is 0 Å². The molecule has 34 heavy (non-hydrogen) atoms. The topological polar surface area (TPSA) is 95.7 Å². The summed E-state index contributed by atoms with van der Waals surface area (Å²) in [5.41, 5.74) is 1.51. The summed E-state index contributed by atoms with van der Waals surface area (Å²) in [4.78, 5) is 8.95. The number of anilines is 2. The monoisotopic (exact) mass is 482 g/mol. The number of rotatable bonds is 5. The van der Waals surface area contributed by atoms with E-state index in [1.807, 2.05) is 12.1 Å². The van der Waals surface area contributed by atoms with Gasteiger partial charge in [0.1, 0.15) is 12.0 Å². The minimum atomic E-state index is -3.57. The third-order valence-corrected chi connectivity index (χ3v) is 8.63. The first-order valence-electron chi connectivity index (χ1n) is 11.8. The van der Waals surface area contributed by atoms with Crippen LogP contribution in [-0.2, 0) is 10.0 Å². The lowest BCUT2D eigenvalue weighted by molar-refractivity contribution is 0.383. The van der Waals surface area contributed by atoms with Crippen molar-refractivity contribution in [2.75, 3.05) is 49.1 Å². The van der Waals surface area contributed by atoms with Gasteiger partial charge in [-0.25, -0.2) is 13.4 Å². The van der Waals surface area contributed by atoms with Gasteiger partial charge in [-0.1, -0.05) is 19.1 Å². The normalized spacial score (nSPS) is 18.4. The van der Waals surface area contributed by atoms with Crippen LogP contribution in [0.4, 0.5) is 11.6 Å². The lowest BCUT2D eigenvalue weighted by Gasteiger charge is -2.35. The van der Waals surface area contributed by atoms with Gasteiger partial charge in [-0.15, -0.1) is 10.2 Å². The molecule has 0 spiro atoms. The van der Waals surface area contributed by atoms with Crippen LogP contribution in [0.2, 0.25) is 0 Å². The number of hydrogen-bond acceptors (Lipinski definition) is 8. The largest absolute Gasteiger partial charge is 0.449 e. The standard InChI is InChI=1S/C24H30N6O3S/c1-18-9-11-28(12-10-18)23-7-8-24(27-26-23)29-13-15-30(16-14-29)34(31,32)21-5-3-20(4-6-21)22-17-33-19(2)25-22/h3-8,17-18H,9-16H2,1-2H3. The van der Waals surface area contributed by atoms with Gasteiger partial charge in [0.2, 0.25) is 10.0 Å². The zero-order valence-corrected chi connectivity index (χ0v) is 20.4. The molecule has 0 saturated carbocycles. The van der Waals surface area contributed by atoms with E-state index >= 15 is 0 Å². The van der Waals surface area contributed by atoms with E-state index < -0.39 is 10.0 Å². The zero-order valence-electron chi connectivity index (χ0n) is 19.6. The number of oxazole rings is 1. The molecule has 180 valence electrons. The molecule has 5 rings (SSSR count). The fourth-order valence-electron chi connectivity index (χ4n) is 4.49. The van der Waals surface area contributed by atoms with Crippen molar-refractivity contribution in [1.82, 2.24) is 19.5 Å². The highest BCUT2D eigenvalue weighted by molar-refractivity contribution is 7.89. The Labute approximate surface area is 200 Å². The molecule has 1 aromatic carbocycles. The van der Waals surface area contributed by atoms with Gasteiger partial charge in [0.15, 0.2) is 17.5 Å². The SMILES string of the molecule is Cc1nc(-c2ccc(S(=O)(=O)N3CCN(c4ccc(N5CCC(C)CC5)nn4)CC3)cc2)co1. The van der Waals surface area contributed by atoms with E-state index in [4.69, 9.17) is 4.42 Å². The van der Waals surface area contributed by atoms with E-state index in [1.54, 1.807) is 37.5 Å². The quantitative estimate of drug-likeness (QED) is 0.547. The highest BCUT2D eigenvalue weighted by atomic mass is 32.2. The third-order valence-electron chi connectivity index (χ3n) is 6.71. The Hall–Kier alpha value is -2.98. The van der Waals surface area contributed by atoms with Crippen LogP contribution >= 0.6 is 0 Å². The number of benzene rings is 1. The maximum Gasteiger partial charge on any atom is 0.243 e. The lowest BCUT2D eigenvalue weighted by Crippen LogP contribution is -2.49. The van der Waals surface area contributed by atoms with Crippen molar-refractivity contribution in [2.24, 2.45) is 5.92 Å². The minimum Gasteiger partial charge on any atom is -0.449 e. The van der Waals surface area contributed by atoms with E-state index in [0.717, 1.165) is 36.2 Å². The van der Waals surface area contributed by atoms with Crippen molar-refractivity contribution < 1.29 is 12.8 Å². The molecule has 0 aliphatic carbocycles. The average Bonchev–Trinajstić information content (AvgIpc) is 3.31. The lowest BCUT2D eigenvalue weighted by atomic mass is 9.99. The predicted octanol–water partition coefficient (Wildman–Crippen LogP) is 3.19. The van der Waals surface area contributed by atoms with Gasteiger partial charge >= 0.3 is 0 Å². The maximum atomic E-state index is 13.2. The molecular formula is C24H30N6O3S. The number of hydrogen-bond donors (Lipinski definition) is 0. The zero-order chi connectivity index (χ0) is 23.7. The van der Waals surface area contributed by atoms with Gasteiger partial charge in [-0.05, 0) is 43.0 Å². The van der Waals surface area contributed by atoms with Crippen molar-refractivity contribution in [3.05, 3.63) is 48.6 Å². The van der Waals surface area contributed by atoms with Gasteiger partial charge in [0.05, 0.1) is 4.90 Å². The molecular weight excluding hydrogens is 452 g/mol. The van der Waals surface area contributed by atoms with Crippen molar-refractivity contribution in [3.63, 3.8) is 0 Å². The Bertz CT molecular complexity index is 1210. The van der Waals surface area contributed by atoms with Crippen LogP contribution in [-0.4, -0.2) is 67.2 Å². The highest BCUT2D eigenvalue weighted by Gasteiger charge is 2.29.